The van der Waals surface area contributed by atoms with Gasteiger partial charge in [-0.15, -0.1) is 0 Å². The fraction of sp³-hybridized carbons (Fsp3) is 0.0714. The van der Waals surface area contributed by atoms with Crippen LogP contribution in [0.2, 0.25) is 0 Å². The molecular weight excluding hydrogens is 327 g/mol. The van der Waals surface area contributed by atoms with E-state index in [0.29, 0.717) is 11.3 Å². The first-order valence-corrected chi connectivity index (χ1v) is 8.66. The van der Waals surface area contributed by atoms with E-state index in [-0.39, 0.29) is 10.8 Å². The summed E-state index contributed by atoms with van der Waals surface area (Å²) in [6.45, 7) is 1.56. The molecule has 3 rings (SSSR count). The third kappa shape index (κ3) is 2.88. The van der Waals surface area contributed by atoms with Gasteiger partial charge in [0, 0.05) is 17.0 Å². The second-order valence-corrected chi connectivity index (χ2v) is 7.07. The van der Waals surface area contributed by atoms with Crippen LogP contribution < -0.4 is 4.72 Å². The van der Waals surface area contributed by atoms with E-state index in [4.69, 9.17) is 4.52 Å². The lowest BCUT2D eigenvalue weighted by Crippen LogP contribution is -2.12. The molecule has 0 aliphatic rings. The molecule has 0 spiro atoms. The minimum atomic E-state index is -3.93. The first-order valence-electron chi connectivity index (χ1n) is 6.24. The summed E-state index contributed by atoms with van der Waals surface area (Å²) in [6.07, 6.45) is 0. The van der Waals surface area contributed by atoms with Crippen LogP contribution in [0.1, 0.15) is 5.56 Å². The molecule has 0 bridgehead atoms. The highest BCUT2D eigenvalue weighted by molar-refractivity contribution is 7.92. The molecule has 1 aromatic carbocycles. The molecule has 0 saturated carbocycles. The van der Waals surface area contributed by atoms with Gasteiger partial charge in [0.25, 0.3) is 10.0 Å². The SMILES string of the molecule is Cc1ccc(S(=O)(=O)Nc2cc(-c3ccsc3)no2)cc1F. The van der Waals surface area contributed by atoms with E-state index in [2.05, 4.69) is 9.88 Å². The summed E-state index contributed by atoms with van der Waals surface area (Å²) < 4.78 is 45.1. The highest BCUT2D eigenvalue weighted by Gasteiger charge is 2.18. The van der Waals surface area contributed by atoms with E-state index < -0.39 is 15.8 Å². The summed E-state index contributed by atoms with van der Waals surface area (Å²) >= 11 is 1.49. The van der Waals surface area contributed by atoms with Gasteiger partial charge in [0.05, 0.1) is 4.90 Å². The number of hydrogen-bond acceptors (Lipinski definition) is 5. The van der Waals surface area contributed by atoms with Crippen molar-refractivity contribution in [2.24, 2.45) is 0 Å². The predicted molar refractivity (Wildman–Crippen MR) is 81.8 cm³/mol. The number of benzene rings is 1. The minimum Gasteiger partial charge on any atom is -0.337 e. The molecule has 114 valence electrons. The zero-order valence-corrected chi connectivity index (χ0v) is 13.0. The van der Waals surface area contributed by atoms with Crippen LogP contribution in [0.4, 0.5) is 10.3 Å². The Kier molecular flexibility index (Phi) is 3.71. The number of hydrogen-bond donors (Lipinski definition) is 1. The molecule has 3 aromatic rings. The van der Waals surface area contributed by atoms with Crippen molar-refractivity contribution in [2.45, 2.75) is 11.8 Å². The summed E-state index contributed by atoms with van der Waals surface area (Å²) in [5, 5.41) is 7.54. The Balaban J connectivity index is 1.87. The van der Waals surface area contributed by atoms with Gasteiger partial charge in [-0.05, 0) is 36.1 Å². The third-order valence-electron chi connectivity index (χ3n) is 3.02. The first kappa shape index (κ1) is 14.7. The molecule has 0 amide bonds. The van der Waals surface area contributed by atoms with Gasteiger partial charge in [0.15, 0.2) is 0 Å². The number of thiophene rings is 1. The van der Waals surface area contributed by atoms with Crippen LogP contribution in [-0.4, -0.2) is 13.6 Å². The van der Waals surface area contributed by atoms with E-state index in [1.807, 2.05) is 16.8 Å². The lowest BCUT2D eigenvalue weighted by molar-refractivity contribution is 0.438. The fourth-order valence-electron chi connectivity index (χ4n) is 1.80. The Morgan fingerprint density at radius 1 is 1.27 bits per heavy atom. The monoisotopic (exact) mass is 338 g/mol. The molecule has 8 heteroatoms. The van der Waals surface area contributed by atoms with Crippen molar-refractivity contribution in [3.05, 3.63) is 52.5 Å². The number of aromatic nitrogens is 1. The number of sulfonamides is 1. The van der Waals surface area contributed by atoms with E-state index in [1.165, 1.54) is 29.5 Å². The summed E-state index contributed by atoms with van der Waals surface area (Å²) in [5.41, 5.74) is 1.73. The van der Waals surface area contributed by atoms with Crippen molar-refractivity contribution >= 4 is 27.2 Å². The lowest BCUT2D eigenvalue weighted by Gasteiger charge is -2.05. The van der Waals surface area contributed by atoms with Crippen molar-refractivity contribution < 1.29 is 17.3 Å². The lowest BCUT2D eigenvalue weighted by atomic mass is 10.2. The van der Waals surface area contributed by atoms with Crippen LogP contribution in [0.5, 0.6) is 0 Å². The largest absolute Gasteiger partial charge is 0.337 e. The second kappa shape index (κ2) is 5.54. The van der Waals surface area contributed by atoms with Crippen molar-refractivity contribution in [2.75, 3.05) is 4.72 Å². The molecule has 0 saturated heterocycles. The average molecular weight is 338 g/mol. The van der Waals surface area contributed by atoms with Gasteiger partial charge in [-0.3, -0.25) is 0 Å². The molecule has 0 aliphatic heterocycles. The second-order valence-electron chi connectivity index (χ2n) is 4.60. The quantitative estimate of drug-likeness (QED) is 0.788. The topological polar surface area (TPSA) is 72.2 Å². The first-order chi connectivity index (χ1) is 10.5. The predicted octanol–water partition coefficient (Wildman–Crippen LogP) is 3.65. The van der Waals surface area contributed by atoms with Crippen LogP contribution in [0, 0.1) is 12.7 Å². The van der Waals surface area contributed by atoms with Crippen LogP contribution >= 0.6 is 11.3 Å². The molecule has 22 heavy (non-hydrogen) atoms. The summed E-state index contributed by atoms with van der Waals surface area (Å²) in [7, 11) is -3.93. The molecule has 0 unspecified atom stereocenters. The summed E-state index contributed by atoms with van der Waals surface area (Å²) in [4.78, 5) is -0.177. The Bertz CT molecular complexity index is 902. The molecule has 1 N–H and O–H groups in total. The zero-order chi connectivity index (χ0) is 15.7. The van der Waals surface area contributed by atoms with Gasteiger partial charge in [0.1, 0.15) is 11.5 Å². The maximum absolute atomic E-state index is 13.5. The third-order valence-corrected chi connectivity index (χ3v) is 5.04. The van der Waals surface area contributed by atoms with Crippen molar-refractivity contribution in [3.63, 3.8) is 0 Å². The van der Waals surface area contributed by atoms with Gasteiger partial charge in [-0.2, -0.15) is 11.3 Å². The van der Waals surface area contributed by atoms with E-state index >= 15 is 0 Å². The van der Waals surface area contributed by atoms with Crippen LogP contribution in [0.3, 0.4) is 0 Å². The molecule has 5 nitrogen and oxygen atoms in total. The van der Waals surface area contributed by atoms with Gasteiger partial charge >= 0.3 is 0 Å². The maximum atomic E-state index is 13.5. The Hall–Kier alpha value is -2.19. The smallest absolute Gasteiger partial charge is 0.264 e. The molecule has 2 aromatic heterocycles. The van der Waals surface area contributed by atoms with Crippen LogP contribution in [0.25, 0.3) is 11.3 Å². The van der Waals surface area contributed by atoms with Gasteiger partial charge in [0.2, 0.25) is 5.88 Å². The normalized spacial score (nSPS) is 11.5. The average Bonchev–Trinajstić information content (AvgIpc) is 3.11. The number of nitrogens with zero attached hydrogens (tertiary/aromatic N) is 1. The van der Waals surface area contributed by atoms with E-state index in [9.17, 15) is 12.8 Å². The number of aryl methyl sites for hydroxylation is 1. The van der Waals surface area contributed by atoms with Crippen LogP contribution in [0.15, 0.2) is 50.5 Å². The fourth-order valence-corrected chi connectivity index (χ4v) is 3.44. The van der Waals surface area contributed by atoms with Gasteiger partial charge < -0.3 is 4.52 Å². The minimum absolute atomic E-state index is 0.0258. The molecule has 0 radical (unpaired) electrons. The number of anilines is 1. The Labute approximate surface area is 130 Å². The summed E-state index contributed by atoms with van der Waals surface area (Å²) in [5.74, 6) is -0.610. The number of nitrogens with one attached hydrogen (secondary N) is 1. The summed E-state index contributed by atoms with van der Waals surface area (Å²) in [6, 6.07) is 7.02. The van der Waals surface area contributed by atoms with Crippen molar-refractivity contribution in [1.82, 2.24) is 5.16 Å². The molecule has 0 aliphatic carbocycles. The Morgan fingerprint density at radius 2 is 2.09 bits per heavy atom. The van der Waals surface area contributed by atoms with Gasteiger partial charge in [-0.25, -0.2) is 17.5 Å². The number of rotatable bonds is 4. The van der Waals surface area contributed by atoms with Gasteiger partial charge in [-0.1, -0.05) is 11.2 Å². The molecule has 0 fully saturated rings. The zero-order valence-electron chi connectivity index (χ0n) is 11.4. The highest BCUT2D eigenvalue weighted by Crippen LogP contribution is 2.25. The van der Waals surface area contributed by atoms with E-state index in [1.54, 1.807) is 6.92 Å². The standard InChI is InChI=1S/C14H11FN2O3S2/c1-9-2-3-11(6-12(9)15)22(18,19)17-14-7-13(16-20-14)10-4-5-21-8-10/h2-8,17H,1H3. The highest BCUT2D eigenvalue weighted by atomic mass is 32.2. The molecule has 0 atom stereocenters. The van der Waals surface area contributed by atoms with Crippen molar-refractivity contribution in [1.29, 1.82) is 0 Å². The molecule has 2 heterocycles. The van der Waals surface area contributed by atoms with E-state index in [0.717, 1.165) is 11.6 Å². The number of halogens is 1. The van der Waals surface area contributed by atoms with Crippen molar-refractivity contribution in [3.8, 4) is 11.3 Å². The molecular formula is C14H11FN2O3S2. The Morgan fingerprint density at radius 3 is 2.77 bits per heavy atom. The maximum Gasteiger partial charge on any atom is 0.264 e. The van der Waals surface area contributed by atoms with Crippen LogP contribution in [-0.2, 0) is 10.0 Å².